The third-order valence-corrected chi connectivity index (χ3v) is 4.62. The van der Waals surface area contributed by atoms with Crippen LogP contribution in [0.4, 0.5) is 0 Å². The van der Waals surface area contributed by atoms with Gasteiger partial charge in [0.05, 0.1) is 17.8 Å². The van der Waals surface area contributed by atoms with E-state index in [2.05, 4.69) is 40.1 Å². The lowest BCUT2D eigenvalue weighted by atomic mass is 9.97. The van der Waals surface area contributed by atoms with E-state index < -0.39 is 0 Å². The molecule has 3 rings (SSSR count). The summed E-state index contributed by atoms with van der Waals surface area (Å²) in [5.74, 6) is 0. The molecular weight excluding hydrogens is 308 g/mol. The summed E-state index contributed by atoms with van der Waals surface area (Å²) < 4.78 is 0. The summed E-state index contributed by atoms with van der Waals surface area (Å²) in [7, 11) is 0. The summed E-state index contributed by atoms with van der Waals surface area (Å²) in [6, 6.07) is 8.21. The second-order valence-corrected chi connectivity index (χ2v) is 6.32. The van der Waals surface area contributed by atoms with Crippen molar-refractivity contribution in [2.75, 3.05) is 13.2 Å². The minimum Gasteiger partial charge on any atom is -0.396 e. The van der Waals surface area contributed by atoms with Crippen LogP contribution in [0.1, 0.15) is 41.1 Å². The van der Waals surface area contributed by atoms with Crippen LogP contribution in [0.15, 0.2) is 30.5 Å². The average Bonchev–Trinajstić information content (AvgIpc) is 3.05. The van der Waals surface area contributed by atoms with Gasteiger partial charge in [0.2, 0.25) is 0 Å². The zero-order valence-corrected chi connectivity index (χ0v) is 14.2. The smallest absolute Gasteiger partial charge is 0.170 e. The number of rotatable bonds is 5. The van der Waals surface area contributed by atoms with Crippen LogP contribution in [0.2, 0.25) is 0 Å². The van der Waals surface area contributed by atoms with Crippen LogP contribution in [0, 0.1) is 13.8 Å². The molecule has 1 fully saturated rings. The van der Waals surface area contributed by atoms with Gasteiger partial charge in [-0.1, -0.05) is 6.07 Å². The molecule has 0 radical (unpaired) electrons. The van der Waals surface area contributed by atoms with Crippen LogP contribution in [-0.4, -0.2) is 38.2 Å². The van der Waals surface area contributed by atoms with Gasteiger partial charge in [-0.25, -0.2) is 0 Å². The third-order valence-electron chi connectivity index (χ3n) is 4.26. The van der Waals surface area contributed by atoms with Gasteiger partial charge in [-0.2, -0.15) is 0 Å². The molecule has 3 N–H and O–H groups in total. The van der Waals surface area contributed by atoms with Crippen LogP contribution in [0.5, 0.6) is 0 Å². The molecule has 5 nitrogen and oxygen atoms in total. The van der Waals surface area contributed by atoms with Crippen molar-refractivity contribution in [1.82, 2.24) is 20.2 Å². The summed E-state index contributed by atoms with van der Waals surface area (Å²) in [5, 5.41) is 13.3. The van der Waals surface area contributed by atoms with E-state index in [1.807, 2.05) is 24.4 Å². The number of aliphatic hydroxyl groups is 1. The summed E-state index contributed by atoms with van der Waals surface area (Å²) >= 11 is 5.55. The Hall–Kier alpha value is -1.92. The average molecular weight is 330 g/mol. The molecule has 1 aliphatic rings. The highest BCUT2D eigenvalue weighted by Crippen LogP contribution is 2.39. The van der Waals surface area contributed by atoms with Crippen LogP contribution in [-0.2, 0) is 0 Å². The first kappa shape index (κ1) is 16.0. The highest BCUT2D eigenvalue weighted by molar-refractivity contribution is 7.80. The molecule has 0 unspecified atom stereocenters. The van der Waals surface area contributed by atoms with Crippen molar-refractivity contribution in [3.8, 4) is 0 Å². The molecule has 2 aromatic rings. The Morgan fingerprint density at radius 3 is 2.78 bits per heavy atom. The number of aromatic nitrogens is 2. The fourth-order valence-electron chi connectivity index (χ4n) is 3.28. The van der Waals surface area contributed by atoms with Gasteiger partial charge in [-0.05, 0) is 56.2 Å². The molecule has 122 valence electrons. The number of aromatic amines is 1. The number of pyridine rings is 1. The number of nitrogens with zero attached hydrogens (tertiary/aromatic N) is 2. The van der Waals surface area contributed by atoms with Crippen molar-refractivity contribution in [3.05, 3.63) is 53.1 Å². The molecule has 2 aromatic heterocycles. The molecule has 0 aromatic carbocycles. The van der Waals surface area contributed by atoms with Gasteiger partial charge in [0.1, 0.15) is 0 Å². The largest absolute Gasteiger partial charge is 0.396 e. The highest BCUT2D eigenvalue weighted by Gasteiger charge is 2.40. The zero-order valence-electron chi connectivity index (χ0n) is 13.4. The third kappa shape index (κ3) is 3.09. The minimum atomic E-state index is 0.0105. The Morgan fingerprint density at radius 1 is 1.35 bits per heavy atom. The van der Waals surface area contributed by atoms with Gasteiger partial charge < -0.3 is 20.3 Å². The highest BCUT2D eigenvalue weighted by atomic mass is 32.1. The minimum absolute atomic E-state index is 0.0105. The lowest BCUT2D eigenvalue weighted by Crippen LogP contribution is -2.31. The maximum absolute atomic E-state index is 9.20. The van der Waals surface area contributed by atoms with Gasteiger partial charge in [0.25, 0.3) is 0 Å². The number of H-pyrrole nitrogens is 1. The first-order valence-corrected chi connectivity index (χ1v) is 8.27. The number of aryl methyl sites for hydroxylation is 2. The number of hydrogen-bond acceptors (Lipinski definition) is 3. The van der Waals surface area contributed by atoms with E-state index in [1.54, 1.807) is 0 Å². The van der Waals surface area contributed by atoms with Crippen LogP contribution in [0.25, 0.3) is 0 Å². The van der Waals surface area contributed by atoms with Gasteiger partial charge in [-0.3, -0.25) is 4.98 Å². The predicted octanol–water partition coefficient (Wildman–Crippen LogP) is 2.38. The normalized spacial score (nSPS) is 20.8. The van der Waals surface area contributed by atoms with E-state index in [-0.39, 0.29) is 18.7 Å². The molecule has 2 atom stereocenters. The van der Waals surface area contributed by atoms with Crippen LogP contribution in [0.3, 0.4) is 0 Å². The number of hydrogen-bond donors (Lipinski definition) is 3. The second-order valence-electron chi connectivity index (χ2n) is 5.93. The maximum Gasteiger partial charge on any atom is 0.170 e. The maximum atomic E-state index is 9.20. The second kappa shape index (κ2) is 6.68. The van der Waals surface area contributed by atoms with E-state index in [4.69, 9.17) is 12.2 Å². The summed E-state index contributed by atoms with van der Waals surface area (Å²) in [6.45, 7) is 5.03. The van der Waals surface area contributed by atoms with Crippen molar-refractivity contribution >= 4 is 17.3 Å². The van der Waals surface area contributed by atoms with Crippen LogP contribution >= 0.6 is 12.2 Å². The van der Waals surface area contributed by atoms with E-state index in [9.17, 15) is 5.11 Å². The fourth-order valence-corrected chi connectivity index (χ4v) is 3.61. The molecule has 0 amide bonds. The molecule has 6 heteroatoms. The summed E-state index contributed by atoms with van der Waals surface area (Å²) in [5.41, 5.74) is 4.49. The first-order valence-electron chi connectivity index (χ1n) is 7.87. The molecular formula is C17H22N4OS. The van der Waals surface area contributed by atoms with Gasteiger partial charge >= 0.3 is 0 Å². The lowest BCUT2D eigenvalue weighted by molar-refractivity contribution is 0.247. The predicted molar refractivity (Wildman–Crippen MR) is 94.1 cm³/mol. The van der Waals surface area contributed by atoms with E-state index in [1.165, 1.54) is 5.56 Å². The van der Waals surface area contributed by atoms with Gasteiger partial charge in [0, 0.05) is 30.7 Å². The SMILES string of the molecule is Cc1cc([C@@H]2[C@@H](c3ccccn3)NC(=S)N2CCCO)c(C)[nH]1. The Kier molecular flexibility index (Phi) is 4.63. The molecule has 0 saturated carbocycles. The fraction of sp³-hybridized carbons (Fsp3) is 0.412. The Labute approximate surface area is 141 Å². The standard InChI is InChI=1S/C17H22N4OS/c1-11-10-13(12(2)19-11)16-15(14-6-3-4-7-18-14)20-17(23)21(16)8-5-9-22/h3-4,6-7,10,15-16,19,22H,5,8-9H2,1-2H3,(H,20,23)/t15-,16-/m1/s1. The number of nitrogens with one attached hydrogen (secondary N) is 2. The molecule has 1 saturated heterocycles. The Morgan fingerprint density at radius 2 is 2.17 bits per heavy atom. The van der Waals surface area contributed by atoms with E-state index in [0.717, 1.165) is 28.7 Å². The molecule has 1 aliphatic heterocycles. The lowest BCUT2D eigenvalue weighted by Gasteiger charge is -2.27. The van der Waals surface area contributed by atoms with Crippen molar-refractivity contribution in [2.45, 2.75) is 32.4 Å². The van der Waals surface area contributed by atoms with Crippen molar-refractivity contribution in [1.29, 1.82) is 0 Å². The number of aliphatic hydroxyl groups excluding tert-OH is 1. The quantitative estimate of drug-likeness (QED) is 0.735. The molecule has 0 aliphatic carbocycles. The Balaban J connectivity index is 2.01. The Bertz CT molecular complexity index is 685. The van der Waals surface area contributed by atoms with E-state index in [0.29, 0.717) is 6.42 Å². The molecule has 0 spiro atoms. The molecule has 0 bridgehead atoms. The monoisotopic (exact) mass is 330 g/mol. The van der Waals surface area contributed by atoms with Crippen molar-refractivity contribution < 1.29 is 5.11 Å². The summed E-state index contributed by atoms with van der Waals surface area (Å²) in [6.07, 6.45) is 2.50. The van der Waals surface area contributed by atoms with E-state index >= 15 is 0 Å². The van der Waals surface area contributed by atoms with Crippen molar-refractivity contribution in [2.24, 2.45) is 0 Å². The van der Waals surface area contributed by atoms with Crippen molar-refractivity contribution in [3.63, 3.8) is 0 Å². The number of thiocarbonyl (C=S) groups is 1. The first-order chi connectivity index (χ1) is 11.1. The van der Waals surface area contributed by atoms with Gasteiger partial charge in [0.15, 0.2) is 5.11 Å². The topological polar surface area (TPSA) is 64.2 Å². The zero-order chi connectivity index (χ0) is 16.4. The molecule has 23 heavy (non-hydrogen) atoms. The molecule has 3 heterocycles. The van der Waals surface area contributed by atoms with Crippen LogP contribution < -0.4 is 5.32 Å². The van der Waals surface area contributed by atoms with Gasteiger partial charge in [-0.15, -0.1) is 0 Å². The summed E-state index contributed by atoms with van der Waals surface area (Å²) in [4.78, 5) is 10.1.